The third kappa shape index (κ3) is 14.8. The van der Waals surface area contributed by atoms with Crippen molar-refractivity contribution < 1.29 is 48.6 Å². The van der Waals surface area contributed by atoms with Crippen LogP contribution in [0.15, 0.2) is 0 Å². The summed E-state index contributed by atoms with van der Waals surface area (Å²) in [5, 5.41) is 34.0. The fourth-order valence-corrected chi connectivity index (χ4v) is 5.07. The third-order valence-electron chi connectivity index (χ3n) is 7.59. The first-order valence-electron chi connectivity index (χ1n) is 16.5. The number of hydrogen-bond donors (Lipinski definition) is 9. The van der Waals surface area contributed by atoms with Crippen LogP contribution in [-0.2, 0) is 38.4 Å². The van der Waals surface area contributed by atoms with Crippen molar-refractivity contribution >= 4 is 47.3 Å². The van der Waals surface area contributed by atoms with Crippen molar-refractivity contribution in [2.75, 3.05) is 19.6 Å². The van der Waals surface area contributed by atoms with Gasteiger partial charge in [0.1, 0.15) is 30.2 Å². The van der Waals surface area contributed by atoms with Crippen molar-refractivity contribution in [3.05, 3.63) is 0 Å². The summed E-state index contributed by atoms with van der Waals surface area (Å²) in [7, 11) is 0. The van der Waals surface area contributed by atoms with E-state index in [0.717, 1.165) is 0 Å². The van der Waals surface area contributed by atoms with Gasteiger partial charge in [-0.3, -0.25) is 33.6 Å². The molecular weight excluding hydrogens is 644 g/mol. The molecule has 0 radical (unpaired) electrons. The monoisotopic (exact) mass is 698 g/mol. The highest BCUT2D eigenvalue weighted by molar-refractivity contribution is 5.96. The average molecular weight is 699 g/mol. The number of aliphatic hydroxyl groups excluding tert-OH is 1. The van der Waals surface area contributed by atoms with E-state index in [-0.39, 0.29) is 31.2 Å². The zero-order valence-corrected chi connectivity index (χ0v) is 29.3. The van der Waals surface area contributed by atoms with Gasteiger partial charge in [0.05, 0.1) is 25.2 Å². The minimum Gasteiger partial charge on any atom is -0.480 e. The summed E-state index contributed by atoms with van der Waals surface area (Å²) < 4.78 is 0. The minimum atomic E-state index is -1.49. The second-order valence-corrected chi connectivity index (χ2v) is 13.2. The van der Waals surface area contributed by atoms with Crippen molar-refractivity contribution in [1.29, 1.82) is 0 Å². The molecule has 18 nitrogen and oxygen atoms in total. The summed E-state index contributed by atoms with van der Waals surface area (Å²) in [4.78, 5) is 101. The molecule has 0 spiro atoms. The number of nitrogens with two attached hydrogens (primary N) is 1. The first-order valence-corrected chi connectivity index (χ1v) is 16.5. The Bertz CT molecular complexity index is 1210. The molecule has 10 N–H and O–H groups in total. The highest BCUT2D eigenvalue weighted by atomic mass is 16.4. The largest absolute Gasteiger partial charge is 0.480 e. The van der Waals surface area contributed by atoms with Crippen LogP contribution in [0.5, 0.6) is 0 Å². The molecule has 278 valence electrons. The van der Waals surface area contributed by atoms with Crippen LogP contribution in [-0.4, -0.2) is 124 Å². The Morgan fingerprint density at radius 3 is 1.80 bits per heavy atom. The molecule has 7 amide bonds. The Morgan fingerprint density at radius 1 is 0.735 bits per heavy atom. The highest BCUT2D eigenvalue weighted by Gasteiger charge is 2.37. The second kappa shape index (κ2) is 20.3. The molecule has 1 aliphatic heterocycles. The van der Waals surface area contributed by atoms with Gasteiger partial charge >= 0.3 is 5.97 Å². The molecule has 7 atom stereocenters. The molecule has 18 heteroatoms. The summed E-state index contributed by atoms with van der Waals surface area (Å²) in [5.74, 6) is -6.02. The van der Waals surface area contributed by atoms with Crippen LogP contribution in [0.2, 0.25) is 0 Å². The van der Waals surface area contributed by atoms with E-state index in [1.54, 1.807) is 13.8 Å². The maximum atomic E-state index is 13.2. The van der Waals surface area contributed by atoms with Crippen molar-refractivity contribution in [3.63, 3.8) is 0 Å². The molecule has 0 aromatic heterocycles. The second-order valence-electron chi connectivity index (χ2n) is 13.2. The van der Waals surface area contributed by atoms with E-state index in [0.29, 0.717) is 12.8 Å². The summed E-state index contributed by atoms with van der Waals surface area (Å²) in [5.41, 5.74) is 5.58. The smallest absolute Gasteiger partial charge is 0.326 e. The molecule has 0 aliphatic carbocycles. The number of rotatable bonds is 19. The van der Waals surface area contributed by atoms with Gasteiger partial charge in [-0.05, 0) is 58.3 Å². The zero-order chi connectivity index (χ0) is 37.6. The molecule has 49 heavy (non-hydrogen) atoms. The molecule has 0 unspecified atom stereocenters. The number of carboxylic acid groups (broad SMARTS) is 1. The van der Waals surface area contributed by atoms with Crippen LogP contribution in [0, 0.1) is 11.8 Å². The van der Waals surface area contributed by atoms with E-state index in [9.17, 15) is 48.6 Å². The maximum Gasteiger partial charge on any atom is 0.326 e. The SMILES string of the molecule is CC(C)C[C@H](NC(=O)[C@@H](NC(=O)CNC(=O)[C@@H]1CCCN1C(=O)[C@H](C)NC(=O)CNC(=O)[C@H](CC(C)C)NC(=O)[C@H](C)N)[C@@H](C)O)C(=O)O. The summed E-state index contributed by atoms with van der Waals surface area (Å²) >= 11 is 0. The number of aliphatic carboxylic acids is 1. The number of carbonyl (C=O) groups excluding carboxylic acids is 7. The molecule has 1 saturated heterocycles. The number of amides is 7. The van der Waals surface area contributed by atoms with E-state index in [4.69, 9.17) is 5.73 Å². The first kappa shape index (κ1) is 42.7. The van der Waals surface area contributed by atoms with Gasteiger partial charge in [0.25, 0.3) is 0 Å². The van der Waals surface area contributed by atoms with E-state index < -0.39 is 103 Å². The van der Waals surface area contributed by atoms with Crippen LogP contribution < -0.4 is 37.6 Å². The number of carboxylic acids is 1. The number of nitrogens with one attached hydrogen (secondary N) is 6. The minimum absolute atomic E-state index is 0.0521. The summed E-state index contributed by atoms with van der Waals surface area (Å²) in [6, 6.07) is -6.49. The number of likely N-dealkylation sites (tertiary alicyclic amines) is 1. The number of nitrogens with zero attached hydrogens (tertiary/aromatic N) is 1. The molecule has 1 fully saturated rings. The lowest BCUT2D eigenvalue weighted by atomic mass is 10.0. The van der Waals surface area contributed by atoms with Crippen molar-refractivity contribution in [1.82, 2.24) is 36.8 Å². The summed E-state index contributed by atoms with van der Waals surface area (Å²) in [6.45, 7) is 10.5. The van der Waals surface area contributed by atoms with Crippen LogP contribution in [0.3, 0.4) is 0 Å². The molecule has 1 rings (SSSR count). The average Bonchev–Trinajstić information content (AvgIpc) is 3.49. The predicted molar refractivity (Wildman–Crippen MR) is 176 cm³/mol. The fourth-order valence-electron chi connectivity index (χ4n) is 5.07. The van der Waals surface area contributed by atoms with Crippen LogP contribution in [0.4, 0.5) is 0 Å². The van der Waals surface area contributed by atoms with E-state index in [2.05, 4.69) is 31.9 Å². The number of hydrogen-bond acceptors (Lipinski definition) is 10. The number of carbonyl (C=O) groups is 8. The Kier molecular flexibility index (Phi) is 17.6. The van der Waals surface area contributed by atoms with E-state index in [1.807, 2.05) is 13.8 Å². The Balaban J connectivity index is 2.71. The van der Waals surface area contributed by atoms with Crippen LogP contribution >= 0.6 is 0 Å². The topological polar surface area (TPSA) is 278 Å². The fraction of sp³-hybridized carbons (Fsp3) is 0.742. The van der Waals surface area contributed by atoms with E-state index >= 15 is 0 Å². The zero-order valence-electron chi connectivity index (χ0n) is 29.3. The van der Waals surface area contributed by atoms with Gasteiger partial charge in [0.2, 0.25) is 41.4 Å². The van der Waals surface area contributed by atoms with Crippen LogP contribution in [0.25, 0.3) is 0 Å². The predicted octanol–water partition coefficient (Wildman–Crippen LogP) is -2.93. The molecule has 0 aromatic rings. The first-order chi connectivity index (χ1) is 22.7. The van der Waals surface area contributed by atoms with Gasteiger partial charge in [0.15, 0.2) is 0 Å². The van der Waals surface area contributed by atoms with Gasteiger partial charge in [0, 0.05) is 6.54 Å². The van der Waals surface area contributed by atoms with Gasteiger partial charge in [-0.2, -0.15) is 0 Å². The maximum absolute atomic E-state index is 13.2. The molecule has 0 aromatic carbocycles. The standard InChI is InChI=1S/C31H54N8O10/c1-15(2)11-20(36-26(43)17(5)32)27(44)33-13-23(41)35-18(6)30(47)39-10-8-9-22(39)28(45)34-14-24(42)38-25(19(7)40)29(46)37-21(31(48)49)12-16(3)4/h15-22,25,40H,8-14,32H2,1-7H3,(H,33,44)(H,34,45)(H,35,41)(H,36,43)(H,37,46)(H,38,42)(H,48,49)/t17-,18-,19+,20-,21-,22-,25-/m0/s1. The number of aliphatic hydroxyl groups is 1. The highest BCUT2D eigenvalue weighted by Crippen LogP contribution is 2.18. The molecule has 0 saturated carbocycles. The van der Waals surface area contributed by atoms with Crippen molar-refractivity contribution in [2.24, 2.45) is 17.6 Å². The van der Waals surface area contributed by atoms with Crippen molar-refractivity contribution in [3.8, 4) is 0 Å². The van der Waals surface area contributed by atoms with Gasteiger partial charge in [-0.1, -0.05) is 27.7 Å². The normalized spacial score (nSPS) is 17.9. The van der Waals surface area contributed by atoms with Gasteiger partial charge in [-0.15, -0.1) is 0 Å². The Hall–Kier alpha value is -4.32. The lowest BCUT2D eigenvalue weighted by Gasteiger charge is -2.27. The van der Waals surface area contributed by atoms with Crippen molar-refractivity contribution in [2.45, 2.75) is 117 Å². The lowest BCUT2D eigenvalue weighted by Crippen LogP contribution is -2.58. The molecular formula is C31H54N8O10. The quantitative estimate of drug-likeness (QED) is 0.0659. The van der Waals surface area contributed by atoms with E-state index in [1.165, 1.54) is 25.7 Å². The lowest BCUT2D eigenvalue weighted by molar-refractivity contribution is -0.143. The molecule has 1 heterocycles. The van der Waals surface area contributed by atoms with Gasteiger partial charge < -0.3 is 52.7 Å². The Labute approximate surface area is 286 Å². The Morgan fingerprint density at radius 2 is 1.27 bits per heavy atom. The van der Waals surface area contributed by atoms with Gasteiger partial charge in [-0.25, -0.2) is 4.79 Å². The third-order valence-corrected chi connectivity index (χ3v) is 7.59. The van der Waals surface area contributed by atoms with Crippen LogP contribution in [0.1, 0.15) is 74.1 Å². The molecule has 1 aliphatic rings. The summed E-state index contributed by atoms with van der Waals surface area (Å²) in [6.07, 6.45) is -0.192. The molecule has 0 bridgehead atoms.